The van der Waals surface area contributed by atoms with Crippen molar-refractivity contribution < 1.29 is 4.39 Å². The number of halogens is 1. The van der Waals surface area contributed by atoms with Gasteiger partial charge in [-0.1, -0.05) is 45.0 Å². The molecule has 0 saturated carbocycles. The second kappa shape index (κ2) is 3.30. The van der Waals surface area contributed by atoms with Crippen LogP contribution in [0.4, 0.5) is 4.39 Å². The first-order valence-corrected chi connectivity index (χ1v) is 5.04. The molecule has 2 rings (SSSR count). The smallest absolute Gasteiger partial charge is 0.149 e. The zero-order valence-electron chi connectivity index (χ0n) is 9.21. The first kappa shape index (κ1) is 10.1. The lowest BCUT2D eigenvalue weighted by atomic mass is 9.88. The number of benzene rings is 1. The molecule has 0 fully saturated rings. The zero-order chi connectivity index (χ0) is 11.1. The number of rotatable bonds is 0. The molecule has 0 aliphatic rings. The highest BCUT2D eigenvalue weighted by atomic mass is 19.1. The monoisotopic (exact) mass is 203 g/mol. The molecule has 0 bridgehead atoms. The van der Waals surface area contributed by atoms with Gasteiger partial charge in [0, 0.05) is 16.2 Å². The van der Waals surface area contributed by atoms with E-state index in [4.69, 9.17) is 0 Å². The van der Waals surface area contributed by atoms with E-state index in [2.05, 4.69) is 25.8 Å². The van der Waals surface area contributed by atoms with E-state index in [9.17, 15) is 4.39 Å². The van der Waals surface area contributed by atoms with Gasteiger partial charge in [0.05, 0.1) is 11.9 Å². The van der Waals surface area contributed by atoms with Gasteiger partial charge < -0.3 is 0 Å². The van der Waals surface area contributed by atoms with Gasteiger partial charge in [0.1, 0.15) is 5.82 Å². The fourth-order valence-corrected chi connectivity index (χ4v) is 1.76. The molecule has 0 aliphatic heterocycles. The van der Waals surface area contributed by atoms with Gasteiger partial charge in [-0.05, 0) is 0 Å². The van der Waals surface area contributed by atoms with E-state index < -0.39 is 0 Å². The molecule has 78 valence electrons. The van der Waals surface area contributed by atoms with Crippen molar-refractivity contribution in [2.45, 2.75) is 26.2 Å². The first-order chi connectivity index (χ1) is 7.00. The molecule has 0 N–H and O–H groups in total. The van der Waals surface area contributed by atoms with Crippen LogP contribution in [0.1, 0.15) is 26.5 Å². The number of hydrogen-bond acceptors (Lipinski definition) is 1. The number of hydrogen-bond donors (Lipinski definition) is 0. The van der Waals surface area contributed by atoms with Crippen LogP contribution in [-0.4, -0.2) is 4.98 Å². The number of nitrogens with zero attached hydrogens (tertiary/aromatic N) is 1. The lowest BCUT2D eigenvalue weighted by Crippen LogP contribution is -2.14. The van der Waals surface area contributed by atoms with Crippen LogP contribution in [-0.2, 0) is 5.41 Å². The van der Waals surface area contributed by atoms with Crippen LogP contribution in [0.15, 0.2) is 30.5 Å². The Balaban J connectivity index is 2.84. The SMILES string of the molecule is CC(C)(C)c1ncc(F)c2ccccc12. The van der Waals surface area contributed by atoms with E-state index in [1.165, 1.54) is 6.20 Å². The van der Waals surface area contributed by atoms with Crippen LogP contribution >= 0.6 is 0 Å². The minimum atomic E-state index is -0.251. The number of fused-ring (bicyclic) bond motifs is 1. The minimum Gasteiger partial charge on any atom is -0.257 e. The Kier molecular flexibility index (Phi) is 2.22. The van der Waals surface area contributed by atoms with Gasteiger partial charge in [-0.2, -0.15) is 0 Å². The van der Waals surface area contributed by atoms with Crippen molar-refractivity contribution in [1.82, 2.24) is 4.98 Å². The normalized spacial score (nSPS) is 12.0. The van der Waals surface area contributed by atoms with E-state index in [1.807, 2.05) is 18.2 Å². The van der Waals surface area contributed by atoms with Crippen molar-refractivity contribution in [3.63, 3.8) is 0 Å². The third-order valence-corrected chi connectivity index (χ3v) is 2.46. The maximum atomic E-state index is 13.5. The Hall–Kier alpha value is -1.44. The highest BCUT2D eigenvalue weighted by Crippen LogP contribution is 2.28. The maximum Gasteiger partial charge on any atom is 0.149 e. The van der Waals surface area contributed by atoms with Crippen molar-refractivity contribution in [2.75, 3.05) is 0 Å². The predicted molar refractivity (Wildman–Crippen MR) is 60.4 cm³/mol. The molecular formula is C13H14FN. The number of pyridine rings is 1. The Morgan fingerprint density at radius 1 is 1.07 bits per heavy atom. The van der Waals surface area contributed by atoms with E-state index in [1.54, 1.807) is 6.07 Å². The molecule has 0 unspecified atom stereocenters. The number of aromatic nitrogens is 1. The lowest BCUT2D eigenvalue weighted by Gasteiger charge is -2.19. The van der Waals surface area contributed by atoms with Crippen molar-refractivity contribution in [1.29, 1.82) is 0 Å². The quantitative estimate of drug-likeness (QED) is 0.636. The average Bonchev–Trinajstić information content (AvgIpc) is 2.17. The van der Waals surface area contributed by atoms with Gasteiger partial charge in [-0.15, -0.1) is 0 Å². The maximum absolute atomic E-state index is 13.5. The van der Waals surface area contributed by atoms with Crippen molar-refractivity contribution >= 4 is 10.8 Å². The van der Waals surface area contributed by atoms with Gasteiger partial charge >= 0.3 is 0 Å². The minimum absolute atomic E-state index is 0.0622. The van der Waals surface area contributed by atoms with Crippen molar-refractivity contribution in [3.05, 3.63) is 42.0 Å². The fourth-order valence-electron chi connectivity index (χ4n) is 1.76. The molecule has 0 saturated heterocycles. The first-order valence-electron chi connectivity index (χ1n) is 5.04. The van der Waals surface area contributed by atoms with Gasteiger partial charge in [0.2, 0.25) is 0 Å². The fraction of sp³-hybridized carbons (Fsp3) is 0.308. The third-order valence-electron chi connectivity index (χ3n) is 2.46. The van der Waals surface area contributed by atoms with E-state index >= 15 is 0 Å². The molecular weight excluding hydrogens is 189 g/mol. The Morgan fingerprint density at radius 3 is 2.27 bits per heavy atom. The molecule has 0 aliphatic carbocycles. The Morgan fingerprint density at radius 2 is 1.67 bits per heavy atom. The molecule has 15 heavy (non-hydrogen) atoms. The molecule has 0 amide bonds. The van der Waals surface area contributed by atoms with Crippen LogP contribution in [0.5, 0.6) is 0 Å². The summed E-state index contributed by atoms with van der Waals surface area (Å²) in [6, 6.07) is 7.48. The standard InChI is InChI=1S/C13H14FN/c1-13(2,3)12-10-7-5-4-6-9(10)11(14)8-15-12/h4-8H,1-3H3. The van der Waals surface area contributed by atoms with Crippen LogP contribution < -0.4 is 0 Å². The summed E-state index contributed by atoms with van der Waals surface area (Å²) in [7, 11) is 0. The van der Waals surface area contributed by atoms with Crippen molar-refractivity contribution in [3.8, 4) is 0 Å². The van der Waals surface area contributed by atoms with Gasteiger partial charge in [0.25, 0.3) is 0 Å². The highest BCUT2D eigenvalue weighted by molar-refractivity contribution is 5.85. The summed E-state index contributed by atoms with van der Waals surface area (Å²) in [4.78, 5) is 4.20. The summed E-state index contributed by atoms with van der Waals surface area (Å²) in [5.41, 5.74) is 0.882. The highest BCUT2D eigenvalue weighted by Gasteiger charge is 2.19. The second-order valence-corrected chi connectivity index (χ2v) is 4.75. The van der Waals surface area contributed by atoms with Gasteiger partial charge in [-0.25, -0.2) is 4.39 Å². The van der Waals surface area contributed by atoms with E-state index in [0.29, 0.717) is 5.39 Å². The zero-order valence-corrected chi connectivity index (χ0v) is 9.21. The average molecular weight is 203 g/mol. The summed E-state index contributed by atoms with van der Waals surface area (Å²) < 4.78 is 13.5. The van der Waals surface area contributed by atoms with Crippen LogP contribution in [0.2, 0.25) is 0 Å². The molecule has 0 spiro atoms. The van der Waals surface area contributed by atoms with Crippen molar-refractivity contribution in [2.24, 2.45) is 0 Å². The van der Waals surface area contributed by atoms with Crippen LogP contribution in [0, 0.1) is 5.82 Å². The second-order valence-electron chi connectivity index (χ2n) is 4.75. The van der Waals surface area contributed by atoms with Gasteiger partial charge in [0.15, 0.2) is 0 Å². The summed E-state index contributed by atoms with van der Waals surface area (Å²) in [6.45, 7) is 6.25. The summed E-state index contributed by atoms with van der Waals surface area (Å²) in [5, 5.41) is 1.56. The van der Waals surface area contributed by atoms with E-state index in [-0.39, 0.29) is 11.2 Å². The molecule has 0 atom stereocenters. The third kappa shape index (κ3) is 1.72. The molecule has 2 aromatic rings. The topological polar surface area (TPSA) is 12.9 Å². The van der Waals surface area contributed by atoms with Crippen LogP contribution in [0.3, 0.4) is 0 Å². The Labute approximate surface area is 89.0 Å². The lowest BCUT2D eigenvalue weighted by molar-refractivity contribution is 0.568. The summed E-state index contributed by atoms with van der Waals surface area (Å²) in [5.74, 6) is -0.251. The summed E-state index contributed by atoms with van der Waals surface area (Å²) in [6.07, 6.45) is 1.31. The molecule has 2 heteroatoms. The largest absolute Gasteiger partial charge is 0.257 e. The molecule has 0 radical (unpaired) electrons. The van der Waals surface area contributed by atoms with Crippen LogP contribution in [0.25, 0.3) is 10.8 Å². The molecule has 1 aromatic heterocycles. The summed E-state index contributed by atoms with van der Waals surface area (Å²) >= 11 is 0. The molecule has 1 aromatic carbocycles. The van der Waals surface area contributed by atoms with E-state index in [0.717, 1.165) is 11.1 Å². The predicted octanol–water partition coefficient (Wildman–Crippen LogP) is 3.67. The molecule has 1 nitrogen and oxygen atoms in total. The van der Waals surface area contributed by atoms with Gasteiger partial charge in [-0.3, -0.25) is 4.98 Å². The molecule has 1 heterocycles. The Bertz CT molecular complexity index is 497.